The van der Waals surface area contributed by atoms with Crippen LogP contribution < -0.4 is 10.1 Å². The van der Waals surface area contributed by atoms with Gasteiger partial charge in [0, 0.05) is 38.3 Å². The zero-order valence-corrected chi connectivity index (χ0v) is 15.3. The molecule has 0 bridgehead atoms. The summed E-state index contributed by atoms with van der Waals surface area (Å²) in [6.07, 6.45) is 7.66. The lowest BCUT2D eigenvalue weighted by molar-refractivity contribution is -0.130. The van der Waals surface area contributed by atoms with Gasteiger partial charge in [-0.2, -0.15) is 15.1 Å². The number of aromatic amines is 2. The van der Waals surface area contributed by atoms with Crippen molar-refractivity contribution < 1.29 is 9.53 Å². The second-order valence-electron chi connectivity index (χ2n) is 6.34. The molecule has 9 nitrogen and oxygen atoms in total. The number of halogens is 1. The first kappa shape index (κ1) is 17.3. The smallest absolute Gasteiger partial charge is 0.245 e. The minimum absolute atomic E-state index is 0.0547. The number of ether oxygens (including phenoxy) is 1. The van der Waals surface area contributed by atoms with Crippen LogP contribution in [-0.2, 0) is 4.79 Å². The number of amides is 1. The van der Waals surface area contributed by atoms with Crippen LogP contribution in [0.1, 0.15) is 12.8 Å². The van der Waals surface area contributed by atoms with Crippen molar-refractivity contribution in [2.75, 3.05) is 12.4 Å². The predicted molar refractivity (Wildman–Crippen MR) is 101 cm³/mol. The number of likely N-dealkylation sites (N-methyl/N-ethyl adjacent to an activating group) is 1. The van der Waals surface area contributed by atoms with Crippen LogP contribution in [-0.4, -0.2) is 55.1 Å². The zero-order valence-electron chi connectivity index (χ0n) is 14.6. The van der Waals surface area contributed by atoms with Gasteiger partial charge in [-0.1, -0.05) is 18.2 Å². The number of hydrogen-bond donors (Lipinski definition) is 3. The van der Waals surface area contributed by atoms with Gasteiger partial charge in [0.25, 0.3) is 0 Å². The van der Waals surface area contributed by atoms with Gasteiger partial charge in [-0.15, -0.1) is 0 Å². The number of aromatic nitrogens is 5. The van der Waals surface area contributed by atoms with Gasteiger partial charge in [-0.3, -0.25) is 9.89 Å². The maximum atomic E-state index is 11.7. The molecule has 0 radical (unpaired) electrons. The van der Waals surface area contributed by atoms with E-state index in [2.05, 4.69) is 37.0 Å². The van der Waals surface area contributed by atoms with Crippen molar-refractivity contribution in [3.63, 3.8) is 0 Å². The number of carbonyl (C=O) groups excluding carboxylic acids is 1. The summed E-state index contributed by atoms with van der Waals surface area (Å²) in [6.45, 7) is 3.52. The van der Waals surface area contributed by atoms with Gasteiger partial charge in [-0.25, -0.2) is 0 Å². The summed E-state index contributed by atoms with van der Waals surface area (Å²) >= 11 is 6.27. The fourth-order valence-electron chi connectivity index (χ4n) is 2.99. The molecule has 3 N–H and O–H groups in total. The maximum absolute atomic E-state index is 11.7. The Labute approximate surface area is 159 Å². The molecular formula is C17H18ClN7O2. The largest absolute Gasteiger partial charge is 0.474 e. The molecular weight excluding hydrogens is 370 g/mol. The highest BCUT2D eigenvalue weighted by Crippen LogP contribution is 2.35. The van der Waals surface area contributed by atoms with Crippen LogP contribution in [0.5, 0.6) is 5.88 Å². The van der Waals surface area contributed by atoms with E-state index in [-0.39, 0.29) is 18.1 Å². The first-order valence-corrected chi connectivity index (χ1v) is 8.79. The van der Waals surface area contributed by atoms with Gasteiger partial charge in [0.05, 0.1) is 22.3 Å². The van der Waals surface area contributed by atoms with Crippen LogP contribution in [0.4, 0.5) is 11.6 Å². The summed E-state index contributed by atoms with van der Waals surface area (Å²) in [7, 11) is 1.77. The van der Waals surface area contributed by atoms with E-state index < -0.39 is 0 Å². The summed E-state index contributed by atoms with van der Waals surface area (Å²) in [5.74, 6) is 0.675. The number of carbonyl (C=O) groups is 1. The number of hydrogen-bond acceptors (Lipinski definition) is 6. The van der Waals surface area contributed by atoms with Gasteiger partial charge in [0.15, 0.2) is 0 Å². The van der Waals surface area contributed by atoms with Crippen LogP contribution in [0, 0.1) is 0 Å². The number of rotatable bonds is 6. The van der Waals surface area contributed by atoms with Crippen molar-refractivity contribution >= 4 is 40.2 Å². The van der Waals surface area contributed by atoms with Gasteiger partial charge in [-0.05, 0) is 6.08 Å². The van der Waals surface area contributed by atoms with Crippen molar-refractivity contribution in [1.29, 1.82) is 0 Å². The minimum atomic E-state index is -0.0943. The molecule has 1 aliphatic rings. The molecule has 4 rings (SSSR count). The molecule has 0 aromatic carbocycles. The predicted octanol–water partition coefficient (Wildman–Crippen LogP) is 2.63. The molecule has 10 heteroatoms. The first-order valence-electron chi connectivity index (χ1n) is 8.41. The molecule has 1 aliphatic carbocycles. The van der Waals surface area contributed by atoms with Crippen LogP contribution in [0.3, 0.4) is 0 Å². The van der Waals surface area contributed by atoms with Crippen molar-refractivity contribution in [2.45, 2.75) is 25.0 Å². The minimum Gasteiger partial charge on any atom is -0.474 e. The fraction of sp³-hybridized carbons (Fsp3) is 0.294. The lowest BCUT2D eigenvalue weighted by atomic mass is 9.88. The second-order valence-corrected chi connectivity index (χ2v) is 6.75. The Morgan fingerprint density at radius 1 is 1.44 bits per heavy atom. The lowest BCUT2D eigenvalue weighted by Gasteiger charge is -2.40. The van der Waals surface area contributed by atoms with Crippen molar-refractivity contribution in [3.8, 4) is 5.88 Å². The average molecular weight is 388 g/mol. The summed E-state index contributed by atoms with van der Waals surface area (Å²) in [4.78, 5) is 25.3. The van der Waals surface area contributed by atoms with E-state index in [1.807, 2.05) is 0 Å². The van der Waals surface area contributed by atoms with E-state index in [4.69, 9.17) is 16.3 Å². The number of fused-ring (bicyclic) bond motifs is 1. The summed E-state index contributed by atoms with van der Waals surface area (Å²) in [5, 5.41) is 10.8. The molecule has 3 aromatic heterocycles. The molecule has 3 heterocycles. The molecule has 0 saturated heterocycles. The van der Waals surface area contributed by atoms with E-state index >= 15 is 0 Å². The maximum Gasteiger partial charge on any atom is 0.245 e. The summed E-state index contributed by atoms with van der Waals surface area (Å²) < 4.78 is 6.07. The number of H-pyrrole nitrogens is 2. The lowest BCUT2D eigenvalue weighted by Crippen LogP contribution is -2.49. The SMILES string of the molecule is C=CC(=O)N(C)C1CC(Oc2nc(Nc3cn[nH]c3)nc3[nH]cc(Cl)c23)C1. The molecule has 3 aromatic rings. The fourth-order valence-corrected chi connectivity index (χ4v) is 3.21. The molecule has 1 amide bonds. The van der Waals surface area contributed by atoms with Gasteiger partial charge in [0.2, 0.25) is 17.7 Å². The molecule has 27 heavy (non-hydrogen) atoms. The first-order chi connectivity index (χ1) is 13.0. The molecule has 1 saturated carbocycles. The summed E-state index contributed by atoms with van der Waals surface area (Å²) in [5.41, 5.74) is 1.30. The summed E-state index contributed by atoms with van der Waals surface area (Å²) in [6, 6.07) is 0.128. The molecule has 0 unspecified atom stereocenters. The van der Waals surface area contributed by atoms with Crippen molar-refractivity contribution in [1.82, 2.24) is 30.0 Å². The molecule has 1 fully saturated rings. The Morgan fingerprint density at radius 3 is 2.96 bits per heavy atom. The molecule has 0 atom stereocenters. The monoisotopic (exact) mass is 387 g/mol. The van der Waals surface area contributed by atoms with Crippen LogP contribution in [0.15, 0.2) is 31.2 Å². The standard InChI is InChI=1S/C17H18ClN7O2/c1-3-13(26)25(2)10-4-11(5-10)27-16-14-12(18)8-19-15(14)23-17(24-16)22-9-6-20-21-7-9/h3,6-8,10-11H,1,4-5H2,2H3,(H,20,21)(H2,19,22,23,24). The van der Waals surface area contributed by atoms with Crippen LogP contribution in [0.2, 0.25) is 5.02 Å². The normalized spacial score (nSPS) is 18.7. The molecule has 0 spiro atoms. The zero-order chi connectivity index (χ0) is 19.0. The Kier molecular flexibility index (Phi) is 4.44. The van der Waals surface area contributed by atoms with E-state index in [0.29, 0.717) is 40.7 Å². The van der Waals surface area contributed by atoms with Gasteiger partial charge in [0.1, 0.15) is 11.8 Å². The highest BCUT2D eigenvalue weighted by atomic mass is 35.5. The van der Waals surface area contributed by atoms with Gasteiger partial charge >= 0.3 is 0 Å². The van der Waals surface area contributed by atoms with Crippen LogP contribution in [0.25, 0.3) is 11.0 Å². The number of nitrogens with zero attached hydrogens (tertiary/aromatic N) is 4. The molecule has 140 valence electrons. The second kappa shape index (κ2) is 6.92. The average Bonchev–Trinajstić information content (AvgIpc) is 3.26. The Balaban J connectivity index is 1.53. The highest BCUT2D eigenvalue weighted by molar-refractivity contribution is 6.35. The van der Waals surface area contributed by atoms with Gasteiger partial charge < -0.3 is 19.9 Å². The van der Waals surface area contributed by atoms with E-state index in [1.54, 1.807) is 30.5 Å². The Bertz CT molecular complexity index is 979. The Morgan fingerprint density at radius 2 is 2.26 bits per heavy atom. The van der Waals surface area contributed by atoms with Crippen molar-refractivity contribution in [3.05, 3.63) is 36.3 Å². The third-order valence-electron chi connectivity index (χ3n) is 4.62. The van der Waals surface area contributed by atoms with E-state index in [9.17, 15) is 4.79 Å². The van der Waals surface area contributed by atoms with E-state index in [0.717, 1.165) is 5.69 Å². The highest BCUT2D eigenvalue weighted by Gasteiger charge is 2.36. The van der Waals surface area contributed by atoms with E-state index in [1.165, 1.54) is 6.08 Å². The molecule has 0 aliphatic heterocycles. The van der Waals surface area contributed by atoms with Crippen LogP contribution >= 0.6 is 11.6 Å². The third kappa shape index (κ3) is 3.33. The quantitative estimate of drug-likeness (QED) is 0.560. The number of nitrogens with one attached hydrogen (secondary N) is 3. The third-order valence-corrected chi connectivity index (χ3v) is 4.92. The topological polar surface area (TPSA) is 112 Å². The van der Waals surface area contributed by atoms with Crippen molar-refractivity contribution in [2.24, 2.45) is 0 Å². The number of anilines is 2. The Hall–Kier alpha value is -3.07.